The predicted octanol–water partition coefficient (Wildman–Crippen LogP) is 1.74. The first-order chi connectivity index (χ1) is 13.1. The average Bonchev–Trinajstić information content (AvgIpc) is 3.05. The SMILES string of the molecule is CCOC(=O)c1coc(-c2ccc(NC(=O)N3CCOC[C@H](O)C3)cc2)n1. The molecule has 144 valence electrons. The normalized spacial score (nSPS) is 17.3. The molecule has 27 heavy (non-hydrogen) atoms. The van der Waals surface area contributed by atoms with Crippen molar-refractivity contribution in [1.82, 2.24) is 9.88 Å². The number of benzene rings is 1. The van der Waals surface area contributed by atoms with Gasteiger partial charge in [-0.1, -0.05) is 0 Å². The second-order valence-corrected chi connectivity index (χ2v) is 5.94. The van der Waals surface area contributed by atoms with E-state index >= 15 is 0 Å². The molecule has 1 fully saturated rings. The van der Waals surface area contributed by atoms with Gasteiger partial charge in [0.2, 0.25) is 5.89 Å². The molecule has 9 nitrogen and oxygen atoms in total. The lowest BCUT2D eigenvalue weighted by Crippen LogP contribution is -2.40. The number of carbonyl (C=O) groups excluding carboxylic acids is 2. The fourth-order valence-electron chi connectivity index (χ4n) is 2.58. The van der Waals surface area contributed by atoms with Gasteiger partial charge in [0.05, 0.1) is 32.5 Å². The van der Waals surface area contributed by atoms with Crippen LogP contribution in [0.3, 0.4) is 0 Å². The number of hydrogen-bond acceptors (Lipinski definition) is 7. The Labute approximate surface area is 155 Å². The third-order valence-corrected chi connectivity index (χ3v) is 3.91. The maximum atomic E-state index is 12.3. The highest BCUT2D eigenvalue weighted by Gasteiger charge is 2.21. The molecule has 2 N–H and O–H groups in total. The van der Waals surface area contributed by atoms with E-state index in [1.807, 2.05) is 0 Å². The Morgan fingerprint density at radius 3 is 2.89 bits per heavy atom. The average molecular weight is 375 g/mol. The monoisotopic (exact) mass is 375 g/mol. The molecule has 0 radical (unpaired) electrons. The van der Waals surface area contributed by atoms with Crippen LogP contribution in [0.1, 0.15) is 17.4 Å². The molecule has 0 saturated carbocycles. The third kappa shape index (κ3) is 4.83. The van der Waals surface area contributed by atoms with Crippen molar-refractivity contribution >= 4 is 17.7 Å². The molecular formula is C18H21N3O6. The first-order valence-electron chi connectivity index (χ1n) is 8.61. The van der Waals surface area contributed by atoms with Crippen LogP contribution in [0.25, 0.3) is 11.5 Å². The van der Waals surface area contributed by atoms with Crippen LogP contribution < -0.4 is 5.32 Å². The predicted molar refractivity (Wildman–Crippen MR) is 95.3 cm³/mol. The molecule has 1 saturated heterocycles. The number of hydrogen-bond donors (Lipinski definition) is 2. The van der Waals surface area contributed by atoms with Crippen molar-refractivity contribution < 1.29 is 28.6 Å². The molecule has 1 atom stereocenters. The third-order valence-electron chi connectivity index (χ3n) is 3.91. The number of rotatable bonds is 4. The minimum absolute atomic E-state index is 0.103. The molecule has 1 aromatic carbocycles. The molecule has 2 amide bonds. The van der Waals surface area contributed by atoms with Gasteiger partial charge >= 0.3 is 12.0 Å². The number of β-amino-alcohol motifs (C(OH)–C–C–N with tert-alkyl or cyclic N) is 1. The zero-order valence-electron chi connectivity index (χ0n) is 14.9. The fraction of sp³-hybridized carbons (Fsp3) is 0.389. The first kappa shape index (κ1) is 18.9. The van der Waals surface area contributed by atoms with E-state index in [4.69, 9.17) is 13.9 Å². The lowest BCUT2D eigenvalue weighted by atomic mass is 10.2. The Kier molecular flexibility index (Phi) is 6.05. The number of esters is 1. The second-order valence-electron chi connectivity index (χ2n) is 5.94. The van der Waals surface area contributed by atoms with Gasteiger partial charge in [-0.15, -0.1) is 0 Å². The van der Waals surface area contributed by atoms with Gasteiger partial charge in [0.15, 0.2) is 5.69 Å². The minimum atomic E-state index is -0.695. The highest BCUT2D eigenvalue weighted by molar-refractivity contribution is 5.90. The summed E-state index contributed by atoms with van der Waals surface area (Å²) < 4.78 is 15.4. The van der Waals surface area contributed by atoms with Gasteiger partial charge in [-0.2, -0.15) is 0 Å². The number of anilines is 1. The Hall–Kier alpha value is -2.91. The number of nitrogens with one attached hydrogen (secondary N) is 1. The van der Waals surface area contributed by atoms with Crippen molar-refractivity contribution in [3.05, 3.63) is 36.2 Å². The maximum Gasteiger partial charge on any atom is 0.360 e. The summed E-state index contributed by atoms with van der Waals surface area (Å²) in [6.07, 6.45) is 0.551. The van der Waals surface area contributed by atoms with E-state index in [0.717, 1.165) is 0 Å². The van der Waals surface area contributed by atoms with Crippen molar-refractivity contribution in [2.75, 3.05) is 38.2 Å². The van der Waals surface area contributed by atoms with Crippen LogP contribution in [-0.4, -0.2) is 66.0 Å². The van der Waals surface area contributed by atoms with E-state index in [2.05, 4.69) is 10.3 Å². The molecule has 3 rings (SSSR count). The molecule has 2 aromatic rings. The lowest BCUT2D eigenvalue weighted by molar-refractivity contribution is 0.0519. The second kappa shape index (κ2) is 8.65. The number of ether oxygens (including phenoxy) is 2. The zero-order chi connectivity index (χ0) is 19.2. The zero-order valence-corrected chi connectivity index (χ0v) is 14.9. The van der Waals surface area contributed by atoms with Gasteiger partial charge in [-0.3, -0.25) is 0 Å². The molecule has 1 aromatic heterocycles. The Balaban J connectivity index is 1.63. The summed E-state index contributed by atoms with van der Waals surface area (Å²) in [6, 6.07) is 6.53. The number of oxazole rings is 1. The van der Waals surface area contributed by atoms with Crippen molar-refractivity contribution in [1.29, 1.82) is 0 Å². The van der Waals surface area contributed by atoms with E-state index in [9.17, 15) is 14.7 Å². The summed E-state index contributed by atoms with van der Waals surface area (Å²) in [5.74, 6) is -0.260. The molecule has 9 heteroatoms. The van der Waals surface area contributed by atoms with Crippen molar-refractivity contribution in [3.63, 3.8) is 0 Å². The summed E-state index contributed by atoms with van der Waals surface area (Å²) >= 11 is 0. The van der Waals surface area contributed by atoms with Gasteiger partial charge in [0.1, 0.15) is 6.26 Å². The highest BCUT2D eigenvalue weighted by Crippen LogP contribution is 2.21. The number of aromatic nitrogens is 1. The van der Waals surface area contributed by atoms with E-state index in [-0.39, 0.29) is 37.4 Å². The Morgan fingerprint density at radius 2 is 2.15 bits per heavy atom. The number of nitrogens with zero attached hydrogens (tertiary/aromatic N) is 2. The van der Waals surface area contributed by atoms with E-state index in [1.165, 1.54) is 11.2 Å². The van der Waals surface area contributed by atoms with Gasteiger partial charge < -0.3 is 29.2 Å². The summed E-state index contributed by atoms with van der Waals surface area (Å²) in [5, 5.41) is 12.5. The Morgan fingerprint density at radius 1 is 1.37 bits per heavy atom. The molecule has 0 bridgehead atoms. The lowest BCUT2D eigenvalue weighted by Gasteiger charge is -2.21. The topological polar surface area (TPSA) is 114 Å². The van der Waals surface area contributed by atoms with Crippen LogP contribution in [0.5, 0.6) is 0 Å². The van der Waals surface area contributed by atoms with Crippen LogP contribution in [0.4, 0.5) is 10.5 Å². The van der Waals surface area contributed by atoms with Gasteiger partial charge in [-0.25, -0.2) is 14.6 Å². The first-order valence-corrected chi connectivity index (χ1v) is 8.61. The van der Waals surface area contributed by atoms with Crippen LogP contribution >= 0.6 is 0 Å². The molecule has 1 aliphatic heterocycles. The number of aliphatic hydroxyl groups excluding tert-OH is 1. The largest absolute Gasteiger partial charge is 0.461 e. The standard InChI is InChI=1S/C18H21N3O6/c1-2-26-17(23)15-11-27-16(20-15)12-3-5-13(6-4-12)19-18(24)21-7-8-25-10-14(22)9-21/h3-6,11,14,22H,2,7-10H2,1H3,(H,19,24)/t14-/m1/s1. The number of aliphatic hydroxyl groups is 1. The molecular weight excluding hydrogens is 354 g/mol. The van der Waals surface area contributed by atoms with E-state index < -0.39 is 12.1 Å². The highest BCUT2D eigenvalue weighted by atomic mass is 16.5. The van der Waals surface area contributed by atoms with Crippen molar-refractivity contribution in [2.24, 2.45) is 0 Å². The van der Waals surface area contributed by atoms with Gasteiger partial charge in [0, 0.05) is 17.8 Å². The Bertz CT molecular complexity index is 789. The molecule has 0 spiro atoms. The molecule has 0 aliphatic carbocycles. The van der Waals surface area contributed by atoms with Crippen molar-refractivity contribution in [2.45, 2.75) is 13.0 Å². The number of amides is 2. The smallest absolute Gasteiger partial charge is 0.360 e. The summed E-state index contributed by atoms with van der Waals surface area (Å²) in [4.78, 5) is 29.6. The maximum absolute atomic E-state index is 12.3. The quantitative estimate of drug-likeness (QED) is 0.782. The van der Waals surface area contributed by atoms with Crippen LogP contribution in [-0.2, 0) is 9.47 Å². The van der Waals surface area contributed by atoms with Gasteiger partial charge in [-0.05, 0) is 31.2 Å². The number of urea groups is 1. The van der Waals surface area contributed by atoms with Crippen molar-refractivity contribution in [3.8, 4) is 11.5 Å². The van der Waals surface area contributed by atoms with E-state index in [1.54, 1.807) is 31.2 Å². The van der Waals surface area contributed by atoms with E-state index in [0.29, 0.717) is 24.4 Å². The van der Waals surface area contributed by atoms with Crippen LogP contribution in [0.15, 0.2) is 34.9 Å². The summed E-state index contributed by atoms with van der Waals surface area (Å²) in [7, 11) is 0. The van der Waals surface area contributed by atoms with Crippen LogP contribution in [0.2, 0.25) is 0 Å². The minimum Gasteiger partial charge on any atom is -0.461 e. The fourth-order valence-corrected chi connectivity index (χ4v) is 2.58. The number of carbonyl (C=O) groups is 2. The summed E-state index contributed by atoms with van der Waals surface area (Å²) in [6.45, 7) is 3.21. The van der Waals surface area contributed by atoms with Crippen LogP contribution in [0, 0.1) is 0 Å². The van der Waals surface area contributed by atoms with Gasteiger partial charge in [0.25, 0.3) is 0 Å². The summed E-state index contributed by atoms with van der Waals surface area (Å²) in [5.41, 5.74) is 1.34. The molecule has 2 heterocycles. The molecule has 0 unspecified atom stereocenters. The molecule has 1 aliphatic rings.